The van der Waals surface area contributed by atoms with Crippen LogP contribution in [-0.2, 0) is 4.79 Å². The first kappa shape index (κ1) is 16.3. The molecule has 2 fully saturated rings. The van der Waals surface area contributed by atoms with E-state index in [1.165, 1.54) is 0 Å². The molecule has 6 heteroatoms. The summed E-state index contributed by atoms with van der Waals surface area (Å²) in [6.45, 7) is 0.683. The third-order valence-electron chi connectivity index (χ3n) is 4.61. The fraction of sp³-hybridized carbons (Fsp3) is 0.529. The number of aliphatic hydroxyl groups excluding tert-OH is 1. The second kappa shape index (κ2) is 6.89. The van der Waals surface area contributed by atoms with Crippen molar-refractivity contribution in [3.63, 3.8) is 0 Å². The molecular formula is C17H21ClN2O3. The Balaban J connectivity index is 1.73. The number of carbonyl (C=O) groups is 2. The summed E-state index contributed by atoms with van der Waals surface area (Å²) in [5, 5.41) is 12.9. The normalized spacial score (nSPS) is 24.8. The number of anilines is 1. The largest absolute Gasteiger partial charge is 0.393 e. The Morgan fingerprint density at radius 1 is 1.26 bits per heavy atom. The number of benzene rings is 1. The molecule has 5 nitrogen and oxygen atoms in total. The minimum atomic E-state index is -0.253. The maximum Gasteiger partial charge on any atom is 0.253 e. The van der Waals surface area contributed by atoms with Crippen molar-refractivity contribution in [3.05, 3.63) is 28.8 Å². The molecule has 1 saturated carbocycles. The van der Waals surface area contributed by atoms with Gasteiger partial charge in [-0.25, -0.2) is 0 Å². The third-order valence-corrected chi connectivity index (χ3v) is 4.94. The fourth-order valence-corrected chi connectivity index (χ4v) is 3.46. The Morgan fingerprint density at radius 3 is 2.65 bits per heavy atom. The van der Waals surface area contributed by atoms with Gasteiger partial charge in [0, 0.05) is 24.7 Å². The Hall–Kier alpha value is -1.59. The summed E-state index contributed by atoms with van der Waals surface area (Å²) in [7, 11) is 0. The zero-order valence-corrected chi connectivity index (χ0v) is 13.7. The molecule has 1 aliphatic heterocycles. The summed E-state index contributed by atoms with van der Waals surface area (Å²) >= 11 is 6.17. The molecule has 2 amide bonds. The number of nitrogens with one attached hydrogen (secondary N) is 1. The van der Waals surface area contributed by atoms with E-state index in [0.717, 1.165) is 24.9 Å². The Labute approximate surface area is 140 Å². The van der Waals surface area contributed by atoms with Crippen molar-refractivity contribution in [3.8, 4) is 0 Å². The van der Waals surface area contributed by atoms with Gasteiger partial charge in [0.15, 0.2) is 0 Å². The zero-order chi connectivity index (χ0) is 16.4. The van der Waals surface area contributed by atoms with E-state index in [1.807, 2.05) is 0 Å². The van der Waals surface area contributed by atoms with Gasteiger partial charge in [0.2, 0.25) is 5.91 Å². The Bertz CT molecular complexity index is 612. The summed E-state index contributed by atoms with van der Waals surface area (Å²) in [5.41, 5.74) is 1.12. The fourth-order valence-electron chi connectivity index (χ4n) is 3.26. The molecule has 1 aromatic carbocycles. The Kier molecular flexibility index (Phi) is 4.87. The van der Waals surface area contributed by atoms with Gasteiger partial charge in [0.05, 0.1) is 16.7 Å². The van der Waals surface area contributed by atoms with Gasteiger partial charge in [-0.2, -0.15) is 0 Å². The van der Waals surface area contributed by atoms with E-state index in [2.05, 4.69) is 5.32 Å². The van der Waals surface area contributed by atoms with Crippen LogP contribution in [0.3, 0.4) is 0 Å². The molecule has 1 aliphatic carbocycles. The van der Waals surface area contributed by atoms with Crippen LogP contribution in [0, 0.1) is 0 Å². The van der Waals surface area contributed by atoms with Crippen molar-refractivity contribution >= 4 is 29.1 Å². The smallest absolute Gasteiger partial charge is 0.253 e. The second-order valence-electron chi connectivity index (χ2n) is 6.29. The highest BCUT2D eigenvalue weighted by Crippen LogP contribution is 2.27. The van der Waals surface area contributed by atoms with Crippen molar-refractivity contribution in [2.45, 2.75) is 50.7 Å². The first-order valence-corrected chi connectivity index (χ1v) is 8.51. The molecule has 1 saturated heterocycles. The van der Waals surface area contributed by atoms with Crippen molar-refractivity contribution in [2.75, 3.05) is 11.4 Å². The number of rotatable bonds is 3. The highest BCUT2D eigenvalue weighted by atomic mass is 35.5. The molecule has 0 aromatic heterocycles. The number of carbonyl (C=O) groups excluding carboxylic acids is 2. The molecule has 1 aromatic rings. The number of halogens is 1. The maximum atomic E-state index is 12.5. The molecule has 2 N–H and O–H groups in total. The second-order valence-corrected chi connectivity index (χ2v) is 6.70. The molecular weight excluding hydrogens is 316 g/mol. The van der Waals surface area contributed by atoms with Crippen LogP contribution < -0.4 is 10.2 Å². The molecule has 3 rings (SSSR count). The van der Waals surface area contributed by atoms with E-state index in [0.29, 0.717) is 36.4 Å². The van der Waals surface area contributed by atoms with Gasteiger partial charge < -0.3 is 15.3 Å². The molecule has 1 heterocycles. The zero-order valence-electron chi connectivity index (χ0n) is 12.9. The predicted octanol–water partition coefficient (Wildman–Crippen LogP) is 2.50. The van der Waals surface area contributed by atoms with E-state index >= 15 is 0 Å². The average Bonchev–Trinajstić information content (AvgIpc) is 2.96. The molecule has 0 atom stereocenters. The van der Waals surface area contributed by atoms with E-state index in [4.69, 9.17) is 11.6 Å². The molecule has 0 radical (unpaired) electrons. The number of amides is 2. The first-order valence-electron chi connectivity index (χ1n) is 8.13. The summed E-state index contributed by atoms with van der Waals surface area (Å²) in [6.07, 6.45) is 4.10. The van der Waals surface area contributed by atoms with Crippen LogP contribution >= 0.6 is 11.6 Å². The highest BCUT2D eigenvalue weighted by molar-refractivity contribution is 6.34. The third kappa shape index (κ3) is 3.67. The van der Waals surface area contributed by atoms with E-state index in [1.54, 1.807) is 23.1 Å². The maximum absolute atomic E-state index is 12.5. The lowest BCUT2D eigenvalue weighted by Crippen LogP contribution is -2.38. The average molecular weight is 337 g/mol. The lowest BCUT2D eigenvalue weighted by atomic mass is 9.93. The molecule has 0 bridgehead atoms. The molecule has 23 heavy (non-hydrogen) atoms. The number of nitrogens with zero attached hydrogens (tertiary/aromatic N) is 1. The van der Waals surface area contributed by atoms with Gasteiger partial charge in [-0.1, -0.05) is 11.6 Å². The van der Waals surface area contributed by atoms with E-state index in [-0.39, 0.29) is 24.0 Å². The van der Waals surface area contributed by atoms with Gasteiger partial charge in [-0.3, -0.25) is 9.59 Å². The molecule has 0 spiro atoms. The molecule has 124 valence electrons. The van der Waals surface area contributed by atoms with Crippen LogP contribution in [0.4, 0.5) is 5.69 Å². The predicted molar refractivity (Wildman–Crippen MR) is 88.8 cm³/mol. The first-order chi connectivity index (χ1) is 11.0. The van der Waals surface area contributed by atoms with E-state index < -0.39 is 0 Å². The minimum absolute atomic E-state index is 0.0686. The lowest BCUT2D eigenvalue weighted by molar-refractivity contribution is -0.117. The standard InChI is InChI=1S/C17H21ClN2O3/c18-15-8-5-12(20-9-1-2-16(20)22)10-14(15)17(23)19-11-3-6-13(21)7-4-11/h5,8,10-11,13,21H,1-4,6-7,9H2,(H,19,23). The number of hydrogen-bond acceptors (Lipinski definition) is 3. The quantitative estimate of drug-likeness (QED) is 0.891. The van der Waals surface area contributed by atoms with Gasteiger partial charge >= 0.3 is 0 Å². The Morgan fingerprint density at radius 2 is 2.00 bits per heavy atom. The van der Waals surface area contributed by atoms with Crippen molar-refractivity contribution in [2.24, 2.45) is 0 Å². The van der Waals surface area contributed by atoms with Crippen LogP contribution in [0.1, 0.15) is 48.9 Å². The molecule has 2 aliphatic rings. The monoisotopic (exact) mass is 336 g/mol. The van der Waals surface area contributed by atoms with Crippen LogP contribution in [0.15, 0.2) is 18.2 Å². The topological polar surface area (TPSA) is 69.6 Å². The van der Waals surface area contributed by atoms with Crippen molar-refractivity contribution < 1.29 is 14.7 Å². The van der Waals surface area contributed by atoms with Gasteiger partial charge in [0.25, 0.3) is 5.91 Å². The van der Waals surface area contributed by atoms with Crippen LogP contribution in [-0.4, -0.2) is 35.6 Å². The summed E-state index contributed by atoms with van der Waals surface area (Å²) in [6, 6.07) is 5.21. The minimum Gasteiger partial charge on any atom is -0.393 e. The van der Waals surface area contributed by atoms with Gasteiger partial charge in [-0.05, 0) is 50.3 Å². The summed E-state index contributed by atoms with van der Waals surface area (Å²) in [5.74, 6) is -0.134. The van der Waals surface area contributed by atoms with Gasteiger partial charge in [0.1, 0.15) is 0 Å². The van der Waals surface area contributed by atoms with Crippen molar-refractivity contribution in [1.29, 1.82) is 0 Å². The number of aliphatic hydroxyl groups is 1. The number of hydrogen-bond donors (Lipinski definition) is 2. The van der Waals surface area contributed by atoms with Crippen LogP contribution in [0.2, 0.25) is 5.02 Å². The van der Waals surface area contributed by atoms with Crippen LogP contribution in [0.25, 0.3) is 0 Å². The highest BCUT2D eigenvalue weighted by Gasteiger charge is 2.25. The van der Waals surface area contributed by atoms with Crippen molar-refractivity contribution in [1.82, 2.24) is 5.32 Å². The van der Waals surface area contributed by atoms with Gasteiger partial charge in [-0.15, -0.1) is 0 Å². The van der Waals surface area contributed by atoms with Crippen LogP contribution in [0.5, 0.6) is 0 Å². The lowest BCUT2D eigenvalue weighted by Gasteiger charge is -2.26. The summed E-state index contributed by atoms with van der Waals surface area (Å²) in [4.78, 5) is 26.1. The van der Waals surface area contributed by atoms with E-state index in [9.17, 15) is 14.7 Å². The SMILES string of the molecule is O=C(NC1CCC(O)CC1)c1cc(N2CCCC2=O)ccc1Cl. The molecule has 0 unspecified atom stereocenters. The summed E-state index contributed by atoms with van der Waals surface area (Å²) < 4.78 is 0.